The number of aromatic nitrogens is 2. The zero-order chi connectivity index (χ0) is 11.5. The van der Waals surface area contributed by atoms with Crippen molar-refractivity contribution in [3.8, 4) is 0 Å². The lowest BCUT2D eigenvalue weighted by Gasteiger charge is -1.94. The van der Waals surface area contributed by atoms with Gasteiger partial charge in [0.05, 0.1) is 5.52 Å². The van der Waals surface area contributed by atoms with Crippen molar-refractivity contribution in [3.63, 3.8) is 0 Å². The fourth-order valence-electron chi connectivity index (χ4n) is 1.48. The van der Waals surface area contributed by atoms with Crippen LogP contribution in [0.2, 0.25) is 0 Å². The number of H-pyrrole nitrogens is 1. The number of hydrogen-bond donors (Lipinski definition) is 2. The van der Waals surface area contributed by atoms with Crippen LogP contribution in [0.25, 0.3) is 17.0 Å². The summed E-state index contributed by atoms with van der Waals surface area (Å²) >= 11 is 5.53. The summed E-state index contributed by atoms with van der Waals surface area (Å²) in [5.74, 6) is -0.611. The van der Waals surface area contributed by atoms with Crippen molar-refractivity contribution in [2.45, 2.75) is 0 Å². The molecule has 0 spiro atoms. The maximum Gasteiger partial charge on any atom is 0.357 e. The number of nitrogens with one attached hydrogen (secondary N) is 1. The van der Waals surface area contributed by atoms with Crippen molar-refractivity contribution in [2.24, 2.45) is 0 Å². The number of hydrogen-bond acceptors (Lipinski definition) is 2. The van der Waals surface area contributed by atoms with E-state index in [-0.39, 0.29) is 5.69 Å². The molecule has 1 heterocycles. The first-order valence-corrected chi connectivity index (χ1v) is 5.20. The zero-order valence-electron chi connectivity index (χ0n) is 8.27. The average Bonchev–Trinajstić information content (AvgIpc) is 2.69. The number of carboxylic acids is 1. The Bertz CT molecular complexity index is 560. The molecule has 0 amide bonds. The van der Waals surface area contributed by atoms with E-state index in [9.17, 15) is 4.79 Å². The molecule has 0 fully saturated rings. The van der Waals surface area contributed by atoms with Crippen LogP contribution < -0.4 is 0 Å². The lowest BCUT2D eigenvalue weighted by atomic mass is 10.1. The molecule has 82 valence electrons. The molecule has 2 N–H and O–H groups in total. The molecule has 4 nitrogen and oxygen atoms in total. The lowest BCUT2D eigenvalue weighted by Crippen LogP contribution is -1.96. The lowest BCUT2D eigenvalue weighted by molar-refractivity contribution is 0.0692. The van der Waals surface area contributed by atoms with E-state index >= 15 is 0 Å². The van der Waals surface area contributed by atoms with Gasteiger partial charge in [-0.1, -0.05) is 18.2 Å². The monoisotopic (exact) mass is 236 g/mol. The third-order valence-corrected chi connectivity index (χ3v) is 2.37. The summed E-state index contributed by atoms with van der Waals surface area (Å²) in [6.07, 6.45) is 3.63. The van der Waals surface area contributed by atoms with Crippen molar-refractivity contribution in [1.29, 1.82) is 0 Å². The van der Waals surface area contributed by atoms with Crippen molar-refractivity contribution < 1.29 is 9.90 Å². The minimum atomic E-state index is -1.04. The number of allylic oxidation sites excluding steroid dienone is 1. The Labute approximate surface area is 96.5 Å². The quantitative estimate of drug-likeness (QED) is 0.805. The summed E-state index contributed by atoms with van der Waals surface area (Å²) in [7, 11) is 0. The minimum Gasteiger partial charge on any atom is -0.476 e. The highest BCUT2D eigenvalue weighted by Gasteiger charge is 2.12. The van der Waals surface area contributed by atoms with E-state index in [1.54, 1.807) is 18.2 Å². The molecule has 0 saturated carbocycles. The predicted octanol–water partition coefficient (Wildman–Crippen LogP) is 2.51. The van der Waals surface area contributed by atoms with Gasteiger partial charge in [0.15, 0.2) is 5.69 Å². The van der Waals surface area contributed by atoms with E-state index in [1.807, 2.05) is 12.1 Å². The standard InChI is InChI=1S/C11H9ClN2O2/c12-5-1-2-7-3-4-9-8(6-7)10(11(15)16)14-13-9/h1-4,6H,5H2,(H,13,14)(H,15,16). The number of nitrogens with zero attached hydrogens (tertiary/aromatic N) is 1. The second-order valence-corrected chi connectivity index (χ2v) is 3.55. The summed E-state index contributed by atoms with van der Waals surface area (Å²) in [4.78, 5) is 10.9. The molecule has 16 heavy (non-hydrogen) atoms. The number of benzene rings is 1. The highest BCUT2D eigenvalue weighted by Crippen LogP contribution is 2.18. The van der Waals surface area contributed by atoms with Gasteiger partial charge in [-0.2, -0.15) is 5.10 Å². The molecule has 0 aliphatic heterocycles. The van der Waals surface area contributed by atoms with Crippen LogP contribution in [0.3, 0.4) is 0 Å². The highest BCUT2D eigenvalue weighted by molar-refractivity contribution is 6.19. The fourth-order valence-corrected chi connectivity index (χ4v) is 1.57. The van der Waals surface area contributed by atoms with Gasteiger partial charge in [0.2, 0.25) is 0 Å². The Hall–Kier alpha value is -1.81. The van der Waals surface area contributed by atoms with E-state index in [0.717, 1.165) is 5.56 Å². The molecular formula is C11H9ClN2O2. The maximum atomic E-state index is 10.9. The fraction of sp³-hybridized carbons (Fsp3) is 0.0909. The van der Waals surface area contributed by atoms with E-state index in [2.05, 4.69) is 10.2 Å². The molecule has 2 aromatic rings. The van der Waals surface area contributed by atoms with Crippen LogP contribution in [-0.4, -0.2) is 27.2 Å². The molecule has 0 saturated heterocycles. The number of alkyl halides is 1. The van der Waals surface area contributed by atoms with E-state index in [0.29, 0.717) is 16.8 Å². The molecule has 0 aliphatic carbocycles. The molecule has 0 unspecified atom stereocenters. The average molecular weight is 237 g/mol. The van der Waals surface area contributed by atoms with Gasteiger partial charge in [0, 0.05) is 11.3 Å². The van der Waals surface area contributed by atoms with Gasteiger partial charge >= 0.3 is 5.97 Å². The Balaban J connectivity index is 2.54. The highest BCUT2D eigenvalue weighted by atomic mass is 35.5. The van der Waals surface area contributed by atoms with Crippen molar-refractivity contribution in [1.82, 2.24) is 10.2 Å². The molecule has 1 aromatic heterocycles. The predicted molar refractivity (Wildman–Crippen MR) is 62.8 cm³/mol. The first-order valence-electron chi connectivity index (χ1n) is 4.66. The van der Waals surface area contributed by atoms with Crippen LogP contribution in [-0.2, 0) is 0 Å². The summed E-state index contributed by atoms with van der Waals surface area (Å²) in [6.45, 7) is 0. The molecular weight excluding hydrogens is 228 g/mol. The van der Waals surface area contributed by atoms with Crippen LogP contribution in [0, 0.1) is 0 Å². The van der Waals surface area contributed by atoms with Gasteiger partial charge in [0.1, 0.15) is 0 Å². The SMILES string of the molecule is O=C(O)c1n[nH]c2ccc(C=CCCl)cc12. The first kappa shape index (κ1) is 10.7. The number of carbonyl (C=O) groups is 1. The third-order valence-electron chi connectivity index (χ3n) is 2.19. The number of fused-ring (bicyclic) bond motifs is 1. The topological polar surface area (TPSA) is 66.0 Å². The van der Waals surface area contributed by atoms with E-state index < -0.39 is 5.97 Å². The van der Waals surface area contributed by atoms with Gasteiger partial charge < -0.3 is 5.11 Å². The van der Waals surface area contributed by atoms with Gasteiger partial charge in [-0.3, -0.25) is 5.10 Å². The van der Waals surface area contributed by atoms with Crippen LogP contribution in [0.4, 0.5) is 0 Å². The number of carboxylic acid groups (broad SMARTS) is 1. The van der Waals surface area contributed by atoms with Crippen LogP contribution in [0.1, 0.15) is 16.1 Å². The number of halogens is 1. The maximum absolute atomic E-state index is 10.9. The van der Waals surface area contributed by atoms with Crippen LogP contribution in [0.15, 0.2) is 24.3 Å². The van der Waals surface area contributed by atoms with Crippen LogP contribution in [0.5, 0.6) is 0 Å². The first-order chi connectivity index (χ1) is 7.72. The number of aromatic carboxylic acids is 1. The summed E-state index contributed by atoms with van der Waals surface area (Å²) in [6, 6.07) is 5.43. The summed E-state index contributed by atoms with van der Waals surface area (Å²) < 4.78 is 0. The Morgan fingerprint density at radius 3 is 3.06 bits per heavy atom. The Morgan fingerprint density at radius 2 is 2.38 bits per heavy atom. The molecule has 0 radical (unpaired) electrons. The Kier molecular flexibility index (Phi) is 2.92. The molecule has 1 aromatic carbocycles. The van der Waals surface area contributed by atoms with E-state index in [4.69, 9.17) is 16.7 Å². The molecule has 2 rings (SSSR count). The number of rotatable bonds is 3. The normalized spacial score (nSPS) is 11.3. The van der Waals surface area contributed by atoms with Crippen molar-refractivity contribution in [2.75, 3.05) is 5.88 Å². The van der Waals surface area contributed by atoms with Crippen molar-refractivity contribution >= 4 is 34.5 Å². The zero-order valence-corrected chi connectivity index (χ0v) is 9.03. The smallest absolute Gasteiger partial charge is 0.357 e. The molecule has 0 bridgehead atoms. The second-order valence-electron chi connectivity index (χ2n) is 3.24. The minimum absolute atomic E-state index is 0.0381. The summed E-state index contributed by atoms with van der Waals surface area (Å²) in [5, 5.41) is 15.9. The molecule has 5 heteroatoms. The molecule has 0 aliphatic rings. The summed E-state index contributed by atoms with van der Waals surface area (Å²) in [5.41, 5.74) is 1.65. The Morgan fingerprint density at radius 1 is 1.56 bits per heavy atom. The second kappa shape index (κ2) is 4.37. The van der Waals surface area contributed by atoms with Crippen molar-refractivity contribution in [3.05, 3.63) is 35.5 Å². The van der Waals surface area contributed by atoms with Crippen LogP contribution >= 0.6 is 11.6 Å². The van der Waals surface area contributed by atoms with Gasteiger partial charge in [0.25, 0.3) is 0 Å². The third kappa shape index (κ3) is 1.92. The largest absolute Gasteiger partial charge is 0.476 e. The van der Waals surface area contributed by atoms with Gasteiger partial charge in [-0.15, -0.1) is 11.6 Å². The molecule has 0 atom stereocenters. The van der Waals surface area contributed by atoms with Gasteiger partial charge in [-0.25, -0.2) is 4.79 Å². The van der Waals surface area contributed by atoms with Gasteiger partial charge in [-0.05, 0) is 17.7 Å². The van der Waals surface area contributed by atoms with E-state index in [1.165, 1.54) is 0 Å². The number of aromatic amines is 1.